The van der Waals surface area contributed by atoms with Gasteiger partial charge in [-0.05, 0) is 69.5 Å². The Hall–Kier alpha value is -2.31. The number of carbonyl (C=O) groups is 1. The van der Waals surface area contributed by atoms with Crippen LogP contribution in [-0.4, -0.2) is 37.0 Å². The first kappa shape index (κ1) is 18.1. The largest absolute Gasteiger partial charge is 0.488 e. The van der Waals surface area contributed by atoms with E-state index in [1.807, 2.05) is 42.6 Å². The SMILES string of the molecule is Cc1oc2ccc(OCc3cccs3)cc2c1C(=O)NC1CCN(C)CC1. The second-order valence-corrected chi connectivity index (χ2v) is 8.14. The summed E-state index contributed by atoms with van der Waals surface area (Å²) in [6.07, 6.45) is 1.96. The topological polar surface area (TPSA) is 54.7 Å². The van der Waals surface area contributed by atoms with Crippen molar-refractivity contribution in [2.45, 2.75) is 32.4 Å². The van der Waals surface area contributed by atoms with Crippen molar-refractivity contribution in [1.82, 2.24) is 10.2 Å². The molecule has 3 aromatic rings. The summed E-state index contributed by atoms with van der Waals surface area (Å²) in [5.74, 6) is 1.33. The molecule has 5 nitrogen and oxygen atoms in total. The number of fused-ring (bicyclic) bond motifs is 1. The predicted molar refractivity (Wildman–Crippen MR) is 108 cm³/mol. The molecular weight excluding hydrogens is 360 g/mol. The van der Waals surface area contributed by atoms with Crippen LogP contribution in [0.15, 0.2) is 40.1 Å². The van der Waals surface area contributed by atoms with Gasteiger partial charge in [-0.3, -0.25) is 4.79 Å². The summed E-state index contributed by atoms with van der Waals surface area (Å²) in [6, 6.07) is 9.94. The molecule has 1 N–H and O–H groups in total. The highest BCUT2D eigenvalue weighted by Gasteiger charge is 2.23. The molecule has 3 heterocycles. The monoisotopic (exact) mass is 384 g/mol. The van der Waals surface area contributed by atoms with Crippen molar-refractivity contribution in [3.63, 3.8) is 0 Å². The molecule has 142 valence electrons. The van der Waals surface area contributed by atoms with Gasteiger partial charge in [0.05, 0.1) is 5.56 Å². The molecule has 1 saturated heterocycles. The number of carbonyl (C=O) groups excluding carboxylic acids is 1. The summed E-state index contributed by atoms with van der Waals surface area (Å²) in [7, 11) is 2.11. The van der Waals surface area contributed by atoms with Crippen LogP contribution in [0, 0.1) is 6.92 Å². The van der Waals surface area contributed by atoms with Crippen molar-refractivity contribution in [2.24, 2.45) is 0 Å². The van der Waals surface area contributed by atoms with E-state index in [-0.39, 0.29) is 11.9 Å². The average Bonchev–Trinajstić information content (AvgIpc) is 3.28. The van der Waals surface area contributed by atoms with Gasteiger partial charge in [-0.2, -0.15) is 0 Å². The Bertz CT molecular complexity index is 924. The summed E-state index contributed by atoms with van der Waals surface area (Å²) < 4.78 is 11.7. The van der Waals surface area contributed by atoms with Crippen LogP contribution < -0.4 is 10.1 Å². The molecule has 1 fully saturated rings. The Morgan fingerprint density at radius 3 is 2.89 bits per heavy atom. The highest BCUT2D eigenvalue weighted by Crippen LogP contribution is 2.30. The highest BCUT2D eigenvalue weighted by atomic mass is 32.1. The zero-order valence-corrected chi connectivity index (χ0v) is 16.5. The number of amides is 1. The number of nitrogens with one attached hydrogen (secondary N) is 1. The number of benzene rings is 1. The van der Waals surface area contributed by atoms with Gasteiger partial charge in [0.2, 0.25) is 0 Å². The Labute approximate surface area is 162 Å². The molecule has 0 radical (unpaired) electrons. The molecule has 0 saturated carbocycles. The lowest BCUT2D eigenvalue weighted by Crippen LogP contribution is -2.43. The third-order valence-corrected chi connectivity index (χ3v) is 5.93. The van der Waals surface area contributed by atoms with Crippen LogP contribution in [-0.2, 0) is 6.61 Å². The van der Waals surface area contributed by atoms with E-state index >= 15 is 0 Å². The molecule has 1 amide bonds. The lowest BCUT2D eigenvalue weighted by molar-refractivity contribution is 0.0917. The molecule has 27 heavy (non-hydrogen) atoms. The van der Waals surface area contributed by atoms with Crippen LogP contribution in [0.1, 0.15) is 33.8 Å². The number of hydrogen-bond acceptors (Lipinski definition) is 5. The zero-order valence-electron chi connectivity index (χ0n) is 15.7. The van der Waals surface area contributed by atoms with Crippen LogP contribution in [0.3, 0.4) is 0 Å². The third kappa shape index (κ3) is 4.01. The number of piperidine rings is 1. The standard InChI is InChI=1S/C21H24N2O3S/c1-14-20(21(24)22-15-7-9-23(2)10-8-15)18-12-16(5-6-19(18)26-14)25-13-17-4-3-11-27-17/h3-6,11-12,15H,7-10,13H2,1-2H3,(H,22,24). The maximum absolute atomic E-state index is 12.9. The summed E-state index contributed by atoms with van der Waals surface area (Å²) in [6.45, 7) is 4.39. The number of furan rings is 1. The first-order chi connectivity index (χ1) is 13.1. The fourth-order valence-corrected chi connectivity index (χ4v) is 4.15. The molecule has 2 aromatic heterocycles. The lowest BCUT2D eigenvalue weighted by Gasteiger charge is -2.29. The second kappa shape index (κ2) is 7.74. The normalized spacial score (nSPS) is 15.9. The number of nitrogens with zero attached hydrogens (tertiary/aromatic N) is 1. The Morgan fingerprint density at radius 2 is 2.15 bits per heavy atom. The van der Waals surface area contributed by atoms with Crippen molar-refractivity contribution in [2.75, 3.05) is 20.1 Å². The van der Waals surface area contributed by atoms with Gasteiger partial charge in [0.15, 0.2) is 0 Å². The van der Waals surface area contributed by atoms with Crippen molar-refractivity contribution < 1.29 is 13.9 Å². The van der Waals surface area contributed by atoms with Gasteiger partial charge in [-0.25, -0.2) is 0 Å². The van der Waals surface area contributed by atoms with Crippen molar-refractivity contribution in [3.8, 4) is 5.75 Å². The summed E-state index contributed by atoms with van der Waals surface area (Å²) in [5.41, 5.74) is 1.33. The smallest absolute Gasteiger partial charge is 0.255 e. The van der Waals surface area contributed by atoms with Gasteiger partial charge in [-0.15, -0.1) is 11.3 Å². The van der Waals surface area contributed by atoms with E-state index in [1.54, 1.807) is 11.3 Å². The molecule has 0 atom stereocenters. The minimum atomic E-state index is -0.0591. The molecule has 1 aliphatic rings. The van der Waals surface area contributed by atoms with Crippen LogP contribution in [0.4, 0.5) is 0 Å². The number of rotatable bonds is 5. The number of hydrogen-bond donors (Lipinski definition) is 1. The number of likely N-dealkylation sites (tertiary alicyclic amines) is 1. The molecular formula is C21H24N2O3S. The Morgan fingerprint density at radius 1 is 1.33 bits per heavy atom. The van der Waals surface area contributed by atoms with Gasteiger partial charge >= 0.3 is 0 Å². The van der Waals surface area contributed by atoms with Crippen LogP contribution >= 0.6 is 11.3 Å². The van der Waals surface area contributed by atoms with E-state index < -0.39 is 0 Å². The van der Waals surface area contributed by atoms with E-state index in [0.717, 1.165) is 37.1 Å². The average molecular weight is 385 g/mol. The summed E-state index contributed by atoms with van der Waals surface area (Å²) in [5, 5.41) is 6.03. The Kier molecular flexibility index (Phi) is 5.18. The minimum Gasteiger partial charge on any atom is -0.488 e. The highest BCUT2D eigenvalue weighted by molar-refractivity contribution is 7.09. The molecule has 1 aromatic carbocycles. The van der Waals surface area contributed by atoms with E-state index in [1.165, 1.54) is 4.88 Å². The summed E-state index contributed by atoms with van der Waals surface area (Å²) in [4.78, 5) is 16.4. The Balaban J connectivity index is 1.53. The van der Waals surface area contributed by atoms with E-state index in [9.17, 15) is 4.79 Å². The predicted octanol–water partition coefficient (Wildman–Crippen LogP) is 4.21. The second-order valence-electron chi connectivity index (χ2n) is 7.11. The number of ether oxygens (including phenoxy) is 1. The van der Waals surface area contributed by atoms with Crippen molar-refractivity contribution in [3.05, 3.63) is 51.9 Å². The molecule has 0 spiro atoms. The maximum atomic E-state index is 12.9. The quantitative estimate of drug-likeness (QED) is 0.716. The summed E-state index contributed by atoms with van der Waals surface area (Å²) >= 11 is 1.67. The molecule has 0 bridgehead atoms. The molecule has 4 rings (SSSR count). The van der Waals surface area contributed by atoms with Gasteiger partial charge in [0.25, 0.3) is 5.91 Å². The van der Waals surface area contributed by atoms with Crippen LogP contribution in [0.5, 0.6) is 5.75 Å². The first-order valence-corrected chi connectivity index (χ1v) is 10.2. The van der Waals surface area contributed by atoms with Crippen molar-refractivity contribution >= 4 is 28.2 Å². The van der Waals surface area contributed by atoms with Gasteiger partial charge in [0.1, 0.15) is 23.7 Å². The van der Waals surface area contributed by atoms with E-state index in [4.69, 9.17) is 9.15 Å². The minimum absolute atomic E-state index is 0.0591. The third-order valence-electron chi connectivity index (χ3n) is 5.08. The first-order valence-electron chi connectivity index (χ1n) is 9.28. The van der Waals surface area contributed by atoms with Crippen LogP contribution in [0.2, 0.25) is 0 Å². The molecule has 1 aliphatic heterocycles. The zero-order chi connectivity index (χ0) is 18.8. The van der Waals surface area contributed by atoms with Crippen LogP contribution in [0.25, 0.3) is 11.0 Å². The molecule has 6 heteroatoms. The van der Waals surface area contributed by atoms with Gasteiger partial charge < -0.3 is 19.4 Å². The van der Waals surface area contributed by atoms with E-state index in [2.05, 4.69) is 17.3 Å². The van der Waals surface area contributed by atoms with E-state index in [0.29, 0.717) is 23.5 Å². The fourth-order valence-electron chi connectivity index (χ4n) is 3.53. The number of thiophene rings is 1. The lowest BCUT2D eigenvalue weighted by atomic mass is 10.0. The van der Waals surface area contributed by atoms with Crippen molar-refractivity contribution in [1.29, 1.82) is 0 Å². The molecule has 0 aliphatic carbocycles. The number of aryl methyl sites for hydroxylation is 1. The fraction of sp³-hybridized carbons (Fsp3) is 0.381. The molecule has 0 unspecified atom stereocenters. The van der Waals surface area contributed by atoms with Gasteiger partial charge in [-0.1, -0.05) is 6.07 Å². The maximum Gasteiger partial charge on any atom is 0.255 e. The van der Waals surface area contributed by atoms with Gasteiger partial charge in [0, 0.05) is 16.3 Å².